The van der Waals surface area contributed by atoms with Gasteiger partial charge in [0.1, 0.15) is 17.4 Å². The van der Waals surface area contributed by atoms with E-state index in [4.69, 9.17) is 10.5 Å². The van der Waals surface area contributed by atoms with Crippen molar-refractivity contribution < 1.29 is 9.53 Å². The summed E-state index contributed by atoms with van der Waals surface area (Å²) in [5.41, 5.74) is 9.18. The summed E-state index contributed by atoms with van der Waals surface area (Å²) in [6.45, 7) is 4.06. The van der Waals surface area contributed by atoms with Gasteiger partial charge in [-0.15, -0.1) is 0 Å². The number of aromatic nitrogens is 2. The molecule has 6 nitrogen and oxygen atoms in total. The highest BCUT2D eigenvalue weighted by Gasteiger charge is 2.44. The summed E-state index contributed by atoms with van der Waals surface area (Å²) in [5.74, 6) is 0.0793. The number of carbonyl (C=O) groups excluding carboxylic acids is 1. The number of allylic oxidation sites excluding steroid dienone is 3. The number of nitriles is 1. The Kier molecular flexibility index (Phi) is 4.11. The van der Waals surface area contributed by atoms with Crippen molar-refractivity contribution in [3.05, 3.63) is 64.9 Å². The maximum atomic E-state index is 13.0. The molecule has 28 heavy (non-hydrogen) atoms. The van der Waals surface area contributed by atoms with Gasteiger partial charge in [0.05, 0.1) is 17.3 Å². The fourth-order valence-corrected chi connectivity index (χ4v) is 4.08. The molecule has 6 heteroatoms. The predicted octanol–water partition coefficient (Wildman–Crippen LogP) is 3.54. The van der Waals surface area contributed by atoms with Gasteiger partial charge in [-0.3, -0.25) is 9.48 Å². The summed E-state index contributed by atoms with van der Waals surface area (Å²) in [7, 11) is 1.82. The molecule has 0 saturated heterocycles. The fourth-order valence-electron chi connectivity index (χ4n) is 4.08. The zero-order valence-electron chi connectivity index (χ0n) is 16.2. The molecule has 4 rings (SSSR count). The largest absolute Gasteiger partial charge is 0.444 e. The number of hydrogen-bond acceptors (Lipinski definition) is 5. The highest BCUT2D eigenvalue weighted by molar-refractivity contribution is 6.00. The third-order valence-electron chi connectivity index (χ3n) is 5.36. The Balaban J connectivity index is 1.88. The van der Waals surface area contributed by atoms with Crippen molar-refractivity contribution >= 4 is 5.78 Å². The van der Waals surface area contributed by atoms with Crippen LogP contribution in [0, 0.1) is 16.7 Å². The Morgan fingerprint density at radius 2 is 2.00 bits per heavy atom. The normalized spacial score (nSPS) is 21.2. The van der Waals surface area contributed by atoms with Gasteiger partial charge in [-0.1, -0.05) is 44.2 Å². The van der Waals surface area contributed by atoms with Gasteiger partial charge < -0.3 is 10.5 Å². The van der Waals surface area contributed by atoms with Crippen molar-refractivity contribution in [1.82, 2.24) is 9.78 Å². The molecule has 1 aliphatic heterocycles. The van der Waals surface area contributed by atoms with E-state index in [9.17, 15) is 10.1 Å². The molecular formula is C22H22N4O2. The van der Waals surface area contributed by atoms with E-state index < -0.39 is 5.92 Å². The van der Waals surface area contributed by atoms with Crippen LogP contribution in [-0.4, -0.2) is 15.6 Å². The first-order valence-electron chi connectivity index (χ1n) is 9.24. The summed E-state index contributed by atoms with van der Waals surface area (Å²) >= 11 is 0. The van der Waals surface area contributed by atoms with E-state index in [1.54, 1.807) is 4.68 Å². The maximum absolute atomic E-state index is 13.0. The molecule has 0 spiro atoms. The molecule has 142 valence electrons. The van der Waals surface area contributed by atoms with Gasteiger partial charge in [-0.2, -0.15) is 10.4 Å². The lowest BCUT2D eigenvalue weighted by molar-refractivity contribution is -0.119. The molecule has 2 N–H and O–H groups in total. The Morgan fingerprint density at radius 3 is 2.68 bits per heavy atom. The van der Waals surface area contributed by atoms with E-state index in [-0.39, 0.29) is 22.7 Å². The van der Waals surface area contributed by atoms with Gasteiger partial charge in [0, 0.05) is 31.0 Å². The number of carbonyl (C=O) groups is 1. The molecule has 0 saturated carbocycles. The first-order chi connectivity index (χ1) is 13.3. The monoisotopic (exact) mass is 374 g/mol. The van der Waals surface area contributed by atoms with Crippen LogP contribution < -0.4 is 5.73 Å². The smallest absolute Gasteiger partial charge is 0.205 e. The third-order valence-corrected chi connectivity index (χ3v) is 5.36. The van der Waals surface area contributed by atoms with Gasteiger partial charge in [-0.25, -0.2) is 0 Å². The number of Topliss-reactive ketones (excluding diaryl/α,β-unsaturated/α-hetero) is 1. The summed E-state index contributed by atoms with van der Waals surface area (Å²) in [6.07, 6.45) is 1.01. The molecule has 0 fully saturated rings. The van der Waals surface area contributed by atoms with Gasteiger partial charge >= 0.3 is 0 Å². The van der Waals surface area contributed by atoms with E-state index in [1.807, 2.05) is 57.3 Å². The molecule has 2 aromatic rings. The van der Waals surface area contributed by atoms with Crippen LogP contribution in [-0.2, 0) is 16.6 Å². The number of aryl methyl sites for hydroxylation is 1. The van der Waals surface area contributed by atoms with Crippen LogP contribution in [0.25, 0.3) is 11.3 Å². The van der Waals surface area contributed by atoms with Crippen molar-refractivity contribution in [2.24, 2.45) is 18.2 Å². The van der Waals surface area contributed by atoms with Crippen molar-refractivity contribution in [3.63, 3.8) is 0 Å². The number of benzene rings is 1. The molecule has 1 aromatic carbocycles. The topological polar surface area (TPSA) is 93.9 Å². The highest BCUT2D eigenvalue weighted by Crippen LogP contribution is 2.48. The molecule has 1 aromatic heterocycles. The number of rotatable bonds is 2. The number of nitrogens with two attached hydrogens (primary N) is 1. The Labute approximate surface area is 163 Å². The van der Waals surface area contributed by atoms with E-state index in [0.717, 1.165) is 17.0 Å². The lowest BCUT2D eigenvalue weighted by atomic mass is 9.71. The van der Waals surface area contributed by atoms with E-state index in [0.29, 0.717) is 24.2 Å². The lowest BCUT2D eigenvalue weighted by Gasteiger charge is -2.37. The van der Waals surface area contributed by atoms with Crippen molar-refractivity contribution in [2.75, 3.05) is 0 Å². The van der Waals surface area contributed by atoms with Crippen molar-refractivity contribution in [2.45, 2.75) is 32.6 Å². The van der Waals surface area contributed by atoms with Crippen LogP contribution >= 0.6 is 0 Å². The lowest BCUT2D eigenvalue weighted by Crippen LogP contribution is -2.34. The molecule has 0 radical (unpaired) electrons. The zero-order chi connectivity index (χ0) is 20.1. The van der Waals surface area contributed by atoms with Crippen LogP contribution in [0.3, 0.4) is 0 Å². The molecule has 0 amide bonds. The minimum atomic E-state index is -0.563. The van der Waals surface area contributed by atoms with Crippen molar-refractivity contribution in [1.29, 1.82) is 5.26 Å². The maximum Gasteiger partial charge on any atom is 0.205 e. The Hall–Kier alpha value is -3.33. The second-order valence-electron chi connectivity index (χ2n) is 8.15. The minimum Gasteiger partial charge on any atom is -0.444 e. The Morgan fingerprint density at radius 1 is 1.29 bits per heavy atom. The minimum absolute atomic E-state index is 0.000962. The Bertz CT molecular complexity index is 1070. The van der Waals surface area contributed by atoms with Crippen LogP contribution in [0.4, 0.5) is 0 Å². The molecule has 1 atom stereocenters. The number of nitrogens with zero attached hydrogens (tertiary/aromatic N) is 3. The van der Waals surface area contributed by atoms with E-state index in [1.165, 1.54) is 0 Å². The predicted molar refractivity (Wildman–Crippen MR) is 104 cm³/mol. The number of ketones is 1. The van der Waals surface area contributed by atoms with Crippen molar-refractivity contribution in [3.8, 4) is 17.3 Å². The van der Waals surface area contributed by atoms with E-state index in [2.05, 4.69) is 11.2 Å². The second kappa shape index (κ2) is 6.38. The number of hydrogen-bond donors (Lipinski definition) is 1. The first-order valence-corrected chi connectivity index (χ1v) is 9.24. The summed E-state index contributed by atoms with van der Waals surface area (Å²) < 4.78 is 7.47. The molecule has 1 aliphatic carbocycles. The van der Waals surface area contributed by atoms with Crippen LogP contribution in [0.2, 0.25) is 0 Å². The van der Waals surface area contributed by atoms with Crippen LogP contribution in [0.1, 0.15) is 38.3 Å². The van der Waals surface area contributed by atoms with Crippen LogP contribution in [0.15, 0.2) is 59.2 Å². The van der Waals surface area contributed by atoms with Gasteiger partial charge in [0.15, 0.2) is 5.78 Å². The quantitative estimate of drug-likeness (QED) is 0.868. The summed E-state index contributed by atoms with van der Waals surface area (Å²) in [4.78, 5) is 13.0. The molecule has 2 aliphatic rings. The molecule has 1 unspecified atom stereocenters. The number of ether oxygens (including phenoxy) is 1. The molecule has 2 heterocycles. The third kappa shape index (κ3) is 2.89. The van der Waals surface area contributed by atoms with Crippen LogP contribution in [0.5, 0.6) is 0 Å². The molecular weight excluding hydrogens is 352 g/mol. The van der Waals surface area contributed by atoms with Gasteiger partial charge in [-0.05, 0) is 11.5 Å². The van der Waals surface area contributed by atoms with Gasteiger partial charge in [0.2, 0.25) is 5.88 Å². The molecule has 0 bridgehead atoms. The summed E-state index contributed by atoms with van der Waals surface area (Å²) in [5, 5.41) is 14.4. The fraction of sp³-hybridized carbons (Fsp3) is 0.318. The second-order valence-corrected chi connectivity index (χ2v) is 8.15. The summed E-state index contributed by atoms with van der Waals surface area (Å²) in [6, 6.07) is 13.9. The van der Waals surface area contributed by atoms with E-state index >= 15 is 0 Å². The average Bonchev–Trinajstić information content (AvgIpc) is 3.01. The highest BCUT2D eigenvalue weighted by atomic mass is 16.5. The standard InChI is InChI=1S/C22H22N4O2/c1-22(2)10-17(27)20-18(11-22)28-21(24)14(12-23)19(20)16-9-15(25-26(16)3)13-7-5-4-6-8-13/h4-9,19H,10-11,24H2,1-3H3. The van der Waals surface area contributed by atoms with Gasteiger partial charge in [0.25, 0.3) is 0 Å². The zero-order valence-corrected chi connectivity index (χ0v) is 16.2. The average molecular weight is 374 g/mol. The first kappa shape index (κ1) is 18.1. The SMILES string of the molecule is Cn1nc(-c2ccccc2)cc1C1C(C#N)=C(N)OC2=C1C(=O)CC(C)(C)C2.